The molecular weight excluding hydrogens is 351 g/mol. The number of carbonyl (C=O) groups is 1. The van der Waals surface area contributed by atoms with Crippen LogP contribution in [0.3, 0.4) is 0 Å². The van der Waals surface area contributed by atoms with Crippen molar-refractivity contribution in [1.82, 2.24) is 15.1 Å². The van der Waals surface area contributed by atoms with E-state index >= 15 is 0 Å². The summed E-state index contributed by atoms with van der Waals surface area (Å²) in [7, 11) is 0. The van der Waals surface area contributed by atoms with Gasteiger partial charge in [-0.05, 0) is 42.5 Å². The van der Waals surface area contributed by atoms with Gasteiger partial charge in [0, 0.05) is 24.5 Å². The summed E-state index contributed by atoms with van der Waals surface area (Å²) in [4.78, 5) is 12.3. The molecule has 0 bridgehead atoms. The third kappa shape index (κ3) is 4.44. The molecule has 6 nitrogen and oxygen atoms in total. The van der Waals surface area contributed by atoms with Crippen molar-refractivity contribution < 1.29 is 27.1 Å². The molecule has 0 fully saturated rings. The lowest BCUT2D eigenvalue weighted by Gasteiger charge is -2.16. The Kier molecular flexibility index (Phi) is 4.97. The zero-order chi connectivity index (χ0) is 18.6. The summed E-state index contributed by atoms with van der Waals surface area (Å²) in [5, 5.41) is 6.87. The van der Waals surface area contributed by atoms with E-state index in [1.54, 1.807) is 35.3 Å². The predicted molar refractivity (Wildman–Crippen MR) is 84.5 cm³/mol. The number of benzene rings is 1. The van der Waals surface area contributed by atoms with E-state index in [0.29, 0.717) is 5.76 Å². The van der Waals surface area contributed by atoms with E-state index in [1.165, 1.54) is 18.4 Å². The first-order chi connectivity index (χ1) is 12.4. The molecule has 0 spiro atoms. The first-order valence-electron chi connectivity index (χ1n) is 7.59. The summed E-state index contributed by atoms with van der Waals surface area (Å²) in [6.07, 6.45) is 0.0938. The van der Waals surface area contributed by atoms with E-state index in [1.807, 2.05) is 0 Å². The zero-order valence-electron chi connectivity index (χ0n) is 13.3. The van der Waals surface area contributed by atoms with Crippen LogP contribution >= 0.6 is 0 Å². The Morgan fingerprint density at radius 2 is 2.00 bits per heavy atom. The molecule has 26 heavy (non-hydrogen) atoms. The first kappa shape index (κ1) is 17.6. The second-order valence-electron chi connectivity index (χ2n) is 5.30. The number of carbonyl (C=O) groups excluding carboxylic acids is 1. The molecule has 9 heteroatoms. The molecule has 0 aliphatic heterocycles. The van der Waals surface area contributed by atoms with Gasteiger partial charge in [-0.15, -0.1) is 13.2 Å². The Bertz CT molecular complexity index is 794. The zero-order valence-corrected chi connectivity index (χ0v) is 13.3. The Morgan fingerprint density at radius 1 is 1.23 bits per heavy atom. The number of rotatable bonds is 6. The highest BCUT2D eigenvalue weighted by atomic mass is 19.4. The molecule has 3 rings (SSSR count). The second-order valence-corrected chi connectivity index (χ2v) is 5.30. The average Bonchev–Trinajstić information content (AvgIpc) is 3.28. The number of amides is 1. The van der Waals surface area contributed by atoms with Crippen molar-refractivity contribution in [2.45, 2.75) is 12.4 Å². The van der Waals surface area contributed by atoms with Crippen molar-refractivity contribution in [1.29, 1.82) is 0 Å². The largest absolute Gasteiger partial charge is 0.573 e. The molecule has 0 radical (unpaired) electrons. The van der Waals surface area contributed by atoms with Gasteiger partial charge in [0.15, 0.2) is 0 Å². The van der Waals surface area contributed by atoms with Crippen LogP contribution in [0, 0.1) is 0 Å². The van der Waals surface area contributed by atoms with Crippen molar-refractivity contribution in [2.75, 3.05) is 6.54 Å². The first-order valence-corrected chi connectivity index (χ1v) is 7.59. The van der Waals surface area contributed by atoms with Gasteiger partial charge in [0.1, 0.15) is 17.6 Å². The van der Waals surface area contributed by atoms with Crippen molar-refractivity contribution in [3.8, 4) is 5.75 Å². The fraction of sp³-hybridized carbons (Fsp3) is 0.176. The molecule has 2 aromatic heterocycles. The molecule has 1 amide bonds. The summed E-state index contributed by atoms with van der Waals surface area (Å²) in [5.74, 6) is -0.214. The van der Waals surface area contributed by atoms with E-state index in [2.05, 4.69) is 15.2 Å². The fourth-order valence-electron chi connectivity index (χ4n) is 2.37. The number of alkyl halides is 3. The summed E-state index contributed by atoms with van der Waals surface area (Å²) in [6.45, 7) is 0.189. The van der Waals surface area contributed by atoms with Gasteiger partial charge in [0.2, 0.25) is 0 Å². The minimum absolute atomic E-state index is 0.189. The molecule has 1 aromatic carbocycles. The Balaban J connectivity index is 1.65. The molecule has 0 aliphatic carbocycles. The summed E-state index contributed by atoms with van der Waals surface area (Å²) in [6, 6.07) is 9.57. The van der Waals surface area contributed by atoms with Gasteiger partial charge in [-0.1, -0.05) is 0 Å². The van der Waals surface area contributed by atoms with Gasteiger partial charge >= 0.3 is 6.36 Å². The standard InChI is InChI=1S/C17H14F3N3O3/c18-17(19,20)26-13-6-4-12(5-7-13)16(24)21-11-14(15-3-1-10-25-15)23-9-2-8-22-23/h1-10,14H,11H2,(H,21,24)/t14-/m0/s1. The average molecular weight is 365 g/mol. The molecular formula is C17H14F3N3O3. The second kappa shape index (κ2) is 7.34. The van der Waals surface area contributed by atoms with Gasteiger partial charge in [-0.25, -0.2) is 0 Å². The molecule has 0 unspecified atom stereocenters. The van der Waals surface area contributed by atoms with Gasteiger partial charge in [-0.2, -0.15) is 5.10 Å². The molecule has 0 aliphatic rings. The van der Waals surface area contributed by atoms with Crippen LogP contribution in [0.2, 0.25) is 0 Å². The molecule has 136 valence electrons. The van der Waals surface area contributed by atoms with Gasteiger partial charge in [0.05, 0.1) is 6.26 Å². The maximum atomic E-state index is 12.3. The molecule has 2 heterocycles. The Hall–Kier alpha value is -3.23. The minimum atomic E-state index is -4.77. The van der Waals surface area contributed by atoms with Crippen molar-refractivity contribution in [2.24, 2.45) is 0 Å². The number of nitrogens with zero attached hydrogens (tertiary/aromatic N) is 2. The number of hydrogen-bond donors (Lipinski definition) is 1. The molecule has 0 saturated heterocycles. The minimum Gasteiger partial charge on any atom is -0.467 e. The summed E-state index contributed by atoms with van der Waals surface area (Å²) < 4.78 is 47.3. The Morgan fingerprint density at radius 3 is 2.58 bits per heavy atom. The van der Waals surface area contributed by atoms with Crippen LogP contribution in [0.5, 0.6) is 5.75 Å². The normalized spacial score (nSPS) is 12.6. The quantitative estimate of drug-likeness (QED) is 0.727. The van der Waals surface area contributed by atoms with E-state index in [0.717, 1.165) is 12.1 Å². The van der Waals surface area contributed by atoms with Crippen LogP contribution in [-0.4, -0.2) is 28.6 Å². The highest BCUT2D eigenvalue weighted by molar-refractivity contribution is 5.94. The lowest BCUT2D eigenvalue weighted by Crippen LogP contribution is -2.31. The number of ether oxygens (including phenoxy) is 1. The van der Waals surface area contributed by atoms with Gasteiger partial charge in [-0.3, -0.25) is 9.48 Å². The maximum Gasteiger partial charge on any atom is 0.573 e. The smallest absolute Gasteiger partial charge is 0.467 e. The van der Waals surface area contributed by atoms with Crippen LogP contribution in [-0.2, 0) is 0 Å². The molecule has 0 saturated carbocycles. The van der Waals surface area contributed by atoms with E-state index in [-0.39, 0.29) is 23.9 Å². The maximum absolute atomic E-state index is 12.3. The predicted octanol–water partition coefficient (Wildman–Crippen LogP) is 3.39. The van der Waals surface area contributed by atoms with Crippen molar-refractivity contribution in [3.05, 3.63) is 72.4 Å². The number of aromatic nitrogens is 2. The number of hydrogen-bond acceptors (Lipinski definition) is 4. The topological polar surface area (TPSA) is 69.3 Å². The SMILES string of the molecule is O=C(NC[C@@H](c1ccco1)n1cccn1)c1ccc(OC(F)(F)F)cc1. The lowest BCUT2D eigenvalue weighted by atomic mass is 10.2. The third-order valence-corrected chi connectivity index (χ3v) is 3.52. The van der Waals surface area contributed by atoms with Crippen LogP contribution in [0.25, 0.3) is 0 Å². The Labute approximate surface area is 146 Å². The van der Waals surface area contributed by atoms with Crippen LogP contribution in [0.15, 0.2) is 65.5 Å². The van der Waals surface area contributed by atoms with E-state index in [4.69, 9.17) is 4.42 Å². The van der Waals surface area contributed by atoms with Crippen LogP contribution in [0.4, 0.5) is 13.2 Å². The van der Waals surface area contributed by atoms with Gasteiger partial charge in [0.25, 0.3) is 5.91 Å². The van der Waals surface area contributed by atoms with Crippen molar-refractivity contribution >= 4 is 5.91 Å². The van der Waals surface area contributed by atoms with Crippen LogP contribution in [0.1, 0.15) is 22.2 Å². The molecule has 1 N–H and O–H groups in total. The number of nitrogens with one attached hydrogen (secondary N) is 1. The highest BCUT2D eigenvalue weighted by Gasteiger charge is 2.31. The lowest BCUT2D eigenvalue weighted by molar-refractivity contribution is -0.274. The van der Waals surface area contributed by atoms with Crippen LogP contribution < -0.4 is 10.1 Å². The monoisotopic (exact) mass is 365 g/mol. The third-order valence-electron chi connectivity index (χ3n) is 3.52. The van der Waals surface area contributed by atoms with E-state index < -0.39 is 12.3 Å². The number of furan rings is 1. The van der Waals surface area contributed by atoms with Gasteiger partial charge < -0.3 is 14.5 Å². The summed E-state index contributed by atoms with van der Waals surface area (Å²) >= 11 is 0. The summed E-state index contributed by atoms with van der Waals surface area (Å²) in [5.41, 5.74) is 0.207. The highest BCUT2D eigenvalue weighted by Crippen LogP contribution is 2.23. The fourth-order valence-corrected chi connectivity index (χ4v) is 2.37. The molecule has 3 aromatic rings. The van der Waals surface area contributed by atoms with E-state index in [9.17, 15) is 18.0 Å². The number of halogens is 3. The molecule has 1 atom stereocenters. The van der Waals surface area contributed by atoms with Crippen molar-refractivity contribution in [3.63, 3.8) is 0 Å².